The highest BCUT2D eigenvalue weighted by Gasteiger charge is 2.06. The molecule has 1 aromatic carbocycles. The summed E-state index contributed by atoms with van der Waals surface area (Å²) < 4.78 is 0. The number of anilines is 2. The molecular weight excluding hydrogens is 259 g/mol. The molecule has 1 aromatic heterocycles. The molecule has 0 aliphatic carbocycles. The molecule has 6 heteroatoms. The Kier molecular flexibility index (Phi) is 3.66. The van der Waals surface area contributed by atoms with Crippen LogP contribution in [0.15, 0.2) is 30.6 Å². The fourth-order valence-corrected chi connectivity index (χ4v) is 1.69. The summed E-state index contributed by atoms with van der Waals surface area (Å²) in [7, 11) is 0. The van der Waals surface area contributed by atoms with E-state index in [4.69, 9.17) is 28.9 Å². The lowest BCUT2D eigenvalue weighted by Gasteiger charge is -2.09. The lowest BCUT2D eigenvalue weighted by molar-refractivity contribution is 1.08. The Morgan fingerprint density at radius 2 is 1.94 bits per heavy atom. The zero-order chi connectivity index (χ0) is 12.3. The van der Waals surface area contributed by atoms with Gasteiger partial charge in [-0.05, 0) is 11.6 Å². The van der Waals surface area contributed by atoms with Crippen molar-refractivity contribution in [2.75, 3.05) is 11.1 Å². The second-order valence-corrected chi connectivity index (χ2v) is 4.15. The van der Waals surface area contributed by atoms with Gasteiger partial charge in [-0.25, -0.2) is 9.97 Å². The molecule has 17 heavy (non-hydrogen) atoms. The third kappa shape index (κ3) is 2.78. The van der Waals surface area contributed by atoms with Crippen molar-refractivity contribution in [1.29, 1.82) is 0 Å². The maximum atomic E-state index is 6.03. The van der Waals surface area contributed by atoms with Gasteiger partial charge in [0.2, 0.25) is 0 Å². The minimum Gasteiger partial charge on any atom is -0.382 e. The van der Waals surface area contributed by atoms with Gasteiger partial charge < -0.3 is 11.1 Å². The van der Waals surface area contributed by atoms with Gasteiger partial charge in [-0.15, -0.1) is 0 Å². The molecule has 0 amide bonds. The van der Waals surface area contributed by atoms with E-state index in [9.17, 15) is 0 Å². The molecule has 0 radical (unpaired) electrons. The average Bonchev–Trinajstić information content (AvgIpc) is 2.33. The van der Waals surface area contributed by atoms with Crippen molar-refractivity contribution in [3.63, 3.8) is 0 Å². The van der Waals surface area contributed by atoms with Crippen LogP contribution in [0.1, 0.15) is 5.56 Å². The van der Waals surface area contributed by atoms with E-state index in [1.54, 1.807) is 0 Å². The molecule has 0 spiro atoms. The van der Waals surface area contributed by atoms with E-state index >= 15 is 0 Å². The van der Waals surface area contributed by atoms with Crippen LogP contribution in [-0.4, -0.2) is 9.97 Å². The predicted molar refractivity (Wildman–Crippen MR) is 70.2 cm³/mol. The molecular formula is C11H10Cl2N4. The van der Waals surface area contributed by atoms with Crippen LogP contribution in [0.25, 0.3) is 0 Å². The number of benzene rings is 1. The standard InChI is InChI=1S/C11H10Cl2N4/c12-8-4-2-1-3-7(8)5-15-11-9(13)10(14)16-6-17-11/h1-4,6H,5H2,(H3,14,15,16,17). The molecule has 0 aliphatic heterocycles. The molecule has 0 atom stereocenters. The number of hydrogen-bond donors (Lipinski definition) is 2. The molecule has 0 aliphatic rings. The number of rotatable bonds is 3. The van der Waals surface area contributed by atoms with E-state index in [1.165, 1.54) is 6.33 Å². The summed E-state index contributed by atoms with van der Waals surface area (Å²) in [6.07, 6.45) is 1.36. The zero-order valence-corrected chi connectivity index (χ0v) is 10.3. The van der Waals surface area contributed by atoms with Crippen LogP contribution in [0.4, 0.5) is 11.6 Å². The maximum absolute atomic E-state index is 6.03. The third-order valence-corrected chi connectivity index (χ3v) is 2.96. The number of aromatic nitrogens is 2. The molecule has 3 N–H and O–H groups in total. The first-order valence-corrected chi connectivity index (χ1v) is 5.67. The summed E-state index contributed by atoms with van der Waals surface area (Å²) in [5.74, 6) is 0.752. The molecule has 0 saturated carbocycles. The molecule has 2 aromatic rings. The normalized spacial score (nSPS) is 10.2. The Labute approximate surface area is 109 Å². The third-order valence-electron chi connectivity index (χ3n) is 2.22. The molecule has 0 saturated heterocycles. The van der Waals surface area contributed by atoms with E-state index in [2.05, 4.69) is 15.3 Å². The van der Waals surface area contributed by atoms with Crippen molar-refractivity contribution in [1.82, 2.24) is 9.97 Å². The summed E-state index contributed by atoms with van der Waals surface area (Å²) >= 11 is 12.0. The first kappa shape index (κ1) is 12.0. The van der Waals surface area contributed by atoms with Gasteiger partial charge in [-0.2, -0.15) is 0 Å². The lowest BCUT2D eigenvalue weighted by Crippen LogP contribution is -2.04. The van der Waals surface area contributed by atoms with Crippen LogP contribution >= 0.6 is 23.2 Å². The summed E-state index contributed by atoms with van der Waals surface area (Å²) in [6.45, 7) is 0.524. The largest absolute Gasteiger partial charge is 0.382 e. The quantitative estimate of drug-likeness (QED) is 0.899. The number of nitrogens with one attached hydrogen (secondary N) is 1. The second kappa shape index (κ2) is 5.21. The molecule has 4 nitrogen and oxygen atoms in total. The zero-order valence-electron chi connectivity index (χ0n) is 8.82. The van der Waals surface area contributed by atoms with Crippen molar-refractivity contribution in [3.8, 4) is 0 Å². The van der Waals surface area contributed by atoms with Gasteiger partial charge >= 0.3 is 0 Å². The summed E-state index contributed by atoms with van der Waals surface area (Å²) in [4.78, 5) is 7.79. The highest BCUT2D eigenvalue weighted by molar-refractivity contribution is 6.35. The molecule has 1 heterocycles. The monoisotopic (exact) mass is 268 g/mol. The van der Waals surface area contributed by atoms with Crippen LogP contribution in [-0.2, 0) is 6.54 Å². The summed E-state index contributed by atoms with van der Waals surface area (Å²) in [6, 6.07) is 7.54. The van der Waals surface area contributed by atoms with Crippen molar-refractivity contribution in [3.05, 3.63) is 46.2 Å². The van der Waals surface area contributed by atoms with Gasteiger partial charge in [0.1, 0.15) is 17.2 Å². The van der Waals surface area contributed by atoms with Crippen molar-refractivity contribution in [2.45, 2.75) is 6.54 Å². The minimum atomic E-state index is 0.253. The first-order chi connectivity index (χ1) is 8.18. The Morgan fingerprint density at radius 3 is 2.71 bits per heavy atom. The second-order valence-electron chi connectivity index (χ2n) is 3.37. The van der Waals surface area contributed by atoms with E-state index in [0.29, 0.717) is 22.4 Å². The van der Waals surface area contributed by atoms with Gasteiger partial charge in [0.25, 0.3) is 0 Å². The van der Waals surface area contributed by atoms with Crippen LogP contribution in [0.5, 0.6) is 0 Å². The molecule has 0 fully saturated rings. The van der Waals surface area contributed by atoms with Gasteiger partial charge in [-0.3, -0.25) is 0 Å². The average molecular weight is 269 g/mol. The predicted octanol–water partition coefficient (Wildman–Crippen LogP) is 2.98. The van der Waals surface area contributed by atoms with Crippen molar-refractivity contribution in [2.24, 2.45) is 0 Å². The fourth-order valence-electron chi connectivity index (χ4n) is 1.33. The Bertz CT molecular complexity index is 531. The van der Waals surface area contributed by atoms with Crippen molar-refractivity contribution >= 4 is 34.8 Å². The van der Waals surface area contributed by atoms with Crippen LogP contribution in [0, 0.1) is 0 Å². The minimum absolute atomic E-state index is 0.253. The Hall–Kier alpha value is -1.52. The molecule has 2 rings (SSSR count). The fraction of sp³-hybridized carbons (Fsp3) is 0.0909. The highest BCUT2D eigenvalue weighted by Crippen LogP contribution is 2.24. The summed E-state index contributed by atoms with van der Waals surface area (Å²) in [5, 5.41) is 4.08. The number of nitrogens with two attached hydrogens (primary N) is 1. The Balaban J connectivity index is 2.13. The van der Waals surface area contributed by atoms with Crippen LogP contribution < -0.4 is 11.1 Å². The molecule has 0 unspecified atom stereocenters. The highest BCUT2D eigenvalue weighted by atomic mass is 35.5. The SMILES string of the molecule is Nc1ncnc(NCc2ccccc2Cl)c1Cl. The number of halogens is 2. The smallest absolute Gasteiger partial charge is 0.150 e. The van der Waals surface area contributed by atoms with Gasteiger partial charge in [-0.1, -0.05) is 41.4 Å². The van der Waals surface area contributed by atoms with Crippen LogP contribution in [0.2, 0.25) is 10.0 Å². The van der Waals surface area contributed by atoms with Crippen molar-refractivity contribution < 1.29 is 0 Å². The van der Waals surface area contributed by atoms with E-state index in [0.717, 1.165) is 5.56 Å². The van der Waals surface area contributed by atoms with Gasteiger partial charge in [0.15, 0.2) is 5.82 Å². The van der Waals surface area contributed by atoms with Gasteiger partial charge in [0.05, 0.1) is 0 Å². The van der Waals surface area contributed by atoms with Crippen LogP contribution in [0.3, 0.4) is 0 Å². The summed E-state index contributed by atoms with van der Waals surface area (Å²) in [5.41, 5.74) is 6.53. The Morgan fingerprint density at radius 1 is 1.18 bits per heavy atom. The van der Waals surface area contributed by atoms with E-state index in [-0.39, 0.29) is 5.82 Å². The maximum Gasteiger partial charge on any atom is 0.150 e. The number of nitrogen functional groups attached to an aromatic ring is 1. The molecule has 0 bridgehead atoms. The van der Waals surface area contributed by atoms with E-state index < -0.39 is 0 Å². The molecule has 88 valence electrons. The first-order valence-electron chi connectivity index (χ1n) is 4.91. The topological polar surface area (TPSA) is 63.8 Å². The van der Waals surface area contributed by atoms with E-state index in [1.807, 2.05) is 24.3 Å². The number of hydrogen-bond acceptors (Lipinski definition) is 4. The van der Waals surface area contributed by atoms with Gasteiger partial charge in [0, 0.05) is 11.6 Å². The number of nitrogens with zero attached hydrogens (tertiary/aromatic N) is 2. The lowest BCUT2D eigenvalue weighted by atomic mass is 10.2.